The van der Waals surface area contributed by atoms with Crippen LogP contribution in [0.1, 0.15) is 26.2 Å². The van der Waals surface area contributed by atoms with Crippen molar-refractivity contribution < 1.29 is 0 Å². The summed E-state index contributed by atoms with van der Waals surface area (Å²) in [5, 5.41) is 7.13. The van der Waals surface area contributed by atoms with Gasteiger partial charge >= 0.3 is 0 Å². The highest BCUT2D eigenvalue weighted by atomic mass is 15.1. The van der Waals surface area contributed by atoms with E-state index < -0.39 is 0 Å². The summed E-state index contributed by atoms with van der Waals surface area (Å²) in [6.45, 7) is 3.45. The summed E-state index contributed by atoms with van der Waals surface area (Å²) in [7, 11) is 4.13. The van der Waals surface area contributed by atoms with Crippen LogP contribution in [-0.2, 0) is 0 Å². The van der Waals surface area contributed by atoms with Crippen molar-refractivity contribution >= 4 is 11.4 Å². The minimum Gasteiger partial charge on any atom is -0.383 e. The van der Waals surface area contributed by atoms with Crippen LogP contribution in [0.25, 0.3) is 0 Å². The van der Waals surface area contributed by atoms with Gasteiger partial charge in [-0.3, -0.25) is 0 Å². The normalized spacial score (nSPS) is 20.7. The van der Waals surface area contributed by atoms with E-state index in [2.05, 4.69) is 60.8 Å². The van der Waals surface area contributed by atoms with Crippen LogP contribution in [0.3, 0.4) is 0 Å². The van der Waals surface area contributed by atoms with Gasteiger partial charge in [-0.05, 0) is 57.0 Å². The first-order valence-electron chi connectivity index (χ1n) is 6.92. The van der Waals surface area contributed by atoms with Crippen LogP contribution in [0.4, 0.5) is 11.4 Å². The summed E-state index contributed by atoms with van der Waals surface area (Å²) in [6.07, 6.45) is 3.86. The van der Waals surface area contributed by atoms with Crippen molar-refractivity contribution in [1.82, 2.24) is 5.32 Å². The van der Waals surface area contributed by atoms with E-state index in [0.717, 1.165) is 0 Å². The molecule has 1 aliphatic rings. The Hall–Kier alpha value is -1.22. The summed E-state index contributed by atoms with van der Waals surface area (Å²) in [5.41, 5.74) is 2.46. The van der Waals surface area contributed by atoms with E-state index in [1.165, 1.54) is 37.2 Å². The predicted octanol–water partition coefficient (Wildman–Crippen LogP) is 2.70. The summed E-state index contributed by atoms with van der Waals surface area (Å²) < 4.78 is 0. The molecule has 0 amide bonds. The fourth-order valence-electron chi connectivity index (χ4n) is 2.58. The average molecular weight is 247 g/mol. The molecule has 1 heterocycles. The first-order valence-corrected chi connectivity index (χ1v) is 6.92. The lowest BCUT2D eigenvalue weighted by molar-refractivity contribution is 0.523. The van der Waals surface area contributed by atoms with Crippen LogP contribution in [0.2, 0.25) is 0 Å². The third-order valence-electron chi connectivity index (χ3n) is 3.60. The fourth-order valence-corrected chi connectivity index (χ4v) is 2.58. The molecule has 0 aliphatic carbocycles. The molecule has 0 spiro atoms. The maximum Gasteiger partial charge on any atom is 0.0362 e. The van der Waals surface area contributed by atoms with E-state index in [4.69, 9.17) is 0 Å². The van der Waals surface area contributed by atoms with Crippen LogP contribution in [0.5, 0.6) is 0 Å². The second kappa shape index (κ2) is 6.10. The van der Waals surface area contributed by atoms with Gasteiger partial charge in [0.05, 0.1) is 0 Å². The molecule has 100 valence electrons. The minimum absolute atomic E-state index is 0.519. The van der Waals surface area contributed by atoms with Gasteiger partial charge in [0.15, 0.2) is 0 Å². The Bertz CT molecular complexity index is 353. The number of hydrogen-bond donors (Lipinski definition) is 2. The Morgan fingerprint density at radius 3 is 2.61 bits per heavy atom. The number of rotatable bonds is 5. The molecule has 0 aromatic heterocycles. The summed E-state index contributed by atoms with van der Waals surface area (Å²) in [6, 6.07) is 9.85. The number of anilines is 2. The summed E-state index contributed by atoms with van der Waals surface area (Å²) in [5.74, 6) is 0. The highest BCUT2D eigenvalue weighted by Crippen LogP contribution is 2.18. The van der Waals surface area contributed by atoms with Gasteiger partial charge in [0, 0.05) is 37.6 Å². The molecular formula is C15H25N3. The van der Waals surface area contributed by atoms with E-state index in [0.29, 0.717) is 12.1 Å². The van der Waals surface area contributed by atoms with Crippen molar-refractivity contribution in [2.45, 2.75) is 38.3 Å². The zero-order valence-corrected chi connectivity index (χ0v) is 11.7. The molecule has 2 rings (SSSR count). The molecule has 0 saturated carbocycles. The Labute approximate surface area is 111 Å². The molecule has 2 atom stereocenters. The molecule has 2 N–H and O–H groups in total. The van der Waals surface area contributed by atoms with Gasteiger partial charge in [0.1, 0.15) is 0 Å². The third kappa shape index (κ3) is 3.64. The van der Waals surface area contributed by atoms with E-state index in [1.807, 2.05) is 0 Å². The topological polar surface area (TPSA) is 27.3 Å². The maximum atomic E-state index is 3.58. The summed E-state index contributed by atoms with van der Waals surface area (Å²) >= 11 is 0. The van der Waals surface area contributed by atoms with Crippen molar-refractivity contribution in [3.8, 4) is 0 Å². The molecule has 1 fully saturated rings. The Morgan fingerprint density at radius 1 is 1.33 bits per heavy atom. The Morgan fingerprint density at radius 2 is 2.06 bits per heavy atom. The molecule has 0 radical (unpaired) electrons. The lowest BCUT2D eigenvalue weighted by Crippen LogP contribution is -2.29. The number of benzene rings is 1. The van der Waals surface area contributed by atoms with Crippen LogP contribution in [-0.4, -0.2) is 32.7 Å². The van der Waals surface area contributed by atoms with E-state index in [9.17, 15) is 0 Å². The van der Waals surface area contributed by atoms with Crippen LogP contribution in [0.15, 0.2) is 24.3 Å². The molecule has 1 aromatic carbocycles. The molecule has 18 heavy (non-hydrogen) atoms. The van der Waals surface area contributed by atoms with Gasteiger partial charge in [-0.15, -0.1) is 0 Å². The van der Waals surface area contributed by atoms with Crippen LogP contribution >= 0.6 is 0 Å². The molecule has 1 saturated heterocycles. The second-order valence-electron chi connectivity index (χ2n) is 5.52. The SMILES string of the molecule is CC(CC1CCCN1)Nc1ccc(N(C)C)cc1. The number of nitrogens with one attached hydrogen (secondary N) is 2. The van der Waals surface area contributed by atoms with Crippen LogP contribution in [0, 0.1) is 0 Å². The lowest BCUT2D eigenvalue weighted by atomic mass is 10.1. The number of hydrogen-bond acceptors (Lipinski definition) is 3. The molecule has 3 nitrogen and oxygen atoms in total. The Kier molecular flexibility index (Phi) is 4.48. The van der Waals surface area contributed by atoms with Gasteiger partial charge in [-0.25, -0.2) is 0 Å². The van der Waals surface area contributed by atoms with Gasteiger partial charge in [0.25, 0.3) is 0 Å². The van der Waals surface area contributed by atoms with Crippen molar-refractivity contribution in [2.24, 2.45) is 0 Å². The van der Waals surface area contributed by atoms with Gasteiger partial charge in [0.2, 0.25) is 0 Å². The summed E-state index contributed by atoms with van der Waals surface area (Å²) in [4.78, 5) is 2.12. The zero-order valence-electron chi connectivity index (χ0n) is 11.7. The molecular weight excluding hydrogens is 222 g/mol. The number of nitrogens with zero attached hydrogens (tertiary/aromatic N) is 1. The van der Waals surface area contributed by atoms with Gasteiger partial charge in [-0.1, -0.05) is 0 Å². The average Bonchev–Trinajstić information content (AvgIpc) is 2.82. The van der Waals surface area contributed by atoms with E-state index in [1.54, 1.807) is 0 Å². The molecule has 3 heteroatoms. The third-order valence-corrected chi connectivity index (χ3v) is 3.60. The maximum absolute atomic E-state index is 3.58. The molecule has 1 aromatic rings. The molecule has 0 bridgehead atoms. The first-order chi connectivity index (χ1) is 8.65. The van der Waals surface area contributed by atoms with E-state index >= 15 is 0 Å². The largest absolute Gasteiger partial charge is 0.383 e. The minimum atomic E-state index is 0.519. The smallest absolute Gasteiger partial charge is 0.0362 e. The quantitative estimate of drug-likeness (QED) is 0.837. The van der Waals surface area contributed by atoms with Gasteiger partial charge in [-0.2, -0.15) is 0 Å². The van der Waals surface area contributed by atoms with Crippen molar-refractivity contribution in [1.29, 1.82) is 0 Å². The highest BCUT2D eigenvalue weighted by molar-refractivity contribution is 5.54. The van der Waals surface area contributed by atoms with Crippen molar-refractivity contribution in [3.63, 3.8) is 0 Å². The highest BCUT2D eigenvalue weighted by Gasteiger charge is 2.16. The standard InChI is InChI=1S/C15H25N3/c1-12(11-14-5-4-10-16-14)17-13-6-8-15(9-7-13)18(2)3/h6-9,12,14,16-17H,4-5,10-11H2,1-3H3. The van der Waals surface area contributed by atoms with Crippen molar-refractivity contribution in [2.75, 3.05) is 30.9 Å². The second-order valence-corrected chi connectivity index (χ2v) is 5.52. The monoisotopic (exact) mass is 247 g/mol. The van der Waals surface area contributed by atoms with E-state index in [-0.39, 0.29) is 0 Å². The fraction of sp³-hybridized carbons (Fsp3) is 0.600. The van der Waals surface area contributed by atoms with Crippen LogP contribution < -0.4 is 15.5 Å². The first kappa shape index (κ1) is 13.2. The molecule has 2 unspecified atom stereocenters. The lowest BCUT2D eigenvalue weighted by Gasteiger charge is -2.20. The Balaban J connectivity index is 1.84. The molecule has 1 aliphatic heterocycles. The predicted molar refractivity (Wildman–Crippen MR) is 79.5 cm³/mol. The van der Waals surface area contributed by atoms with Gasteiger partial charge < -0.3 is 15.5 Å². The zero-order chi connectivity index (χ0) is 13.0. The van der Waals surface area contributed by atoms with Crippen molar-refractivity contribution in [3.05, 3.63) is 24.3 Å².